The van der Waals surface area contributed by atoms with Gasteiger partial charge < -0.3 is 10.3 Å². The van der Waals surface area contributed by atoms with E-state index in [1.165, 1.54) is 0 Å². The summed E-state index contributed by atoms with van der Waals surface area (Å²) in [5.74, 6) is 0. The number of rotatable bonds is 2. The van der Waals surface area contributed by atoms with E-state index in [4.69, 9.17) is 5.73 Å². The molecule has 0 amide bonds. The van der Waals surface area contributed by atoms with Crippen LogP contribution in [-0.4, -0.2) is 9.55 Å². The zero-order valence-electron chi connectivity index (χ0n) is 8.95. The van der Waals surface area contributed by atoms with Gasteiger partial charge >= 0.3 is 0 Å². The fraction of sp³-hybridized carbons (Fsp3) is 0.0909. The summed E-state index contributed by atoms with van der Waals surface area (Å²) in [6, 6.07) is 7.12. The van der Waals surface area contributed by atoms with E-state index in [9.17, 15) is 4.79 Å². The minimum atomic E-state index is -0.165. The van der Waals surface area contributed by atoms with Crippen LogP contribution in [0, 0.1) is 0 Å². The van der Waals surface area contributed by atoms with E-state index in [1.807, 2.05) is 12.1 Å². The standard InChI is InChI=1S/C11H11N3O.2ClH/c12-10-4-2-6-14(11(10)15)8-9-3-1-5-13-7-9;;/h1-7H,8,12H2;2*1H. The first kappa shape index (κ1) is 15.5. The van der Waals surface area contributed by atoms with Crippen LogP contribution < -0.4 is 11.3 Å². The molecule has 0 aliphatic carbocycles. The van der Waals surface area contributed by atoms with Crippen molar-refractivity contribution in [3.8, 4) is 0 Å². The Morgan fingerprint density at radius 2 is 2.00 bits per heavy atom. The van der Waals surface area contributed by atoms with E-state index in [0.717, 1.165) is 5.56 Å². The first-order valence-corrected chi connectivity index (χ1v) is 4.61. The van der Waals surface area contributed by atoms with E-state index in [-0.39, 0.29) is 36.1 Å². The molecule has 0 bridgehead atoms. The van der Waals surface area contributed by atoms with Gasteiger partial charge in [-0.2, -0.15) is 0 Å². The van der Waals surface area contributed by atoms with Crippen molar-refractivity contribution in [2.24, 2.45) is 0 Å². The molecule has 0 saturated carbocycles. The molecule has 0 saturated heterocycles. The minimum absolute atomic E-state index is 0. The fourth-order valence-corrected chi connectivity index (χ4v) is 1.37. The number of nitrogens with zero attached hydrogens (tertiary/aromatic N) is 2. The van der Waals surface area contributed by atoms with Gasteiger partial charge in [0.25, 0.3) is 5.56 Å². The second kappa shape index (κ2) is 6.93. The summed E-state index contributed by atoms with van der Waals surface area (Å²) in [4.78, 5) is 15.6. The largest absolute Gasteiger partial charge is 0.394 e. The molecule has 17 heavy (non-hydrogen) atoms. The van der Waals surface area contributed by atoms with Gasteiger partial charge in [-0.05, 0) is 23.8 Å². The Morgan fingerprint density at radius 3 is 2.65 bits per heavy atom. The van der Waals surface area contributed by atoms with Crippen molar-refractivity contribution >= 4 is 30.5 Å². The summed E-state index contributed by atoms with van der Waals surface area (Å²) in [5, 5.41) is 0. The van der Waals surface area contributed by atoms with Crippen LogP contribution in [0.1, 0.15) is 5.56 Å². The summed E-state index contributed by atoms with van der Waals surface area (Å²) < 4.78 is 1.56. The highest BCUT2D eigenvalue weighted by atomic mass is 35.5. The predicted octanol–water partition coefficient (Wildman–Crippen LogP) is 1.72. The monoisotopic (exact) mass is 273 g/mol. The summed E-state index contributed by atoms with van der Waals surface area (Å²) in [7, 11) is 0. The Balaban J connectivity index is 0.00000128. The van der Waals surface area contributed by atoms with Crippen molar-refractivity contribution in [3.63, 3.8) is 0 Å². The molecule has 6 heteroatoms. The lowest BCUT2D eigenvalue weighted by molar-refractivity contribution is 0.759. The summed E-state index contributed by atoms with van der Waals surface area (Å²) in [6.45, 7) is 0.498. The van der Waals surface area contributed by atoms with E-state index in [0.29, 0.717) is 6.54 Å². The Hall–Kier alpha value is -1.52. The number of nitrogen functional groups attached to an aromatic ring is 1. The van der Waals surface area contributed by atoms with Crippen LogP contribution >= 0.6 is 24.8 Å². The quantitative estimate of drug-likeness (QED) is 0.907. The smallest absolute Gasteiger partial charge is 0.273 e. The zero-order valence-corrected chi connectivity index (χ0v) is 10.6. The Bertz CT molecular complexity index is 514. The lowest BCUT2D eigenvalue weighted by atomic mass is 10.3. The molecule has 4 nitrogen and oxygen atoms in total. The van der Waals surface area contributed by atoms with Gasteiger partial charge in [0.05, 0.1) is 12.2 Å². The van der Waals surface area contributed by atoms with E-state index < -0.39 is 0 Å². The van der Waals surface area contributed by atoms with Gasteiger partial charge in [0.1, 0.15) is 0 Å². The van der Waals surface area contributed by atoms with Crippen LogP contribution in [-0.2, 0) is 6.54 Å². The van der Waals surface area contributed by atoms with Crippen molar-refractivity contribution in [1.82, 2.24) is 9.55 Å². The molecule has 0 aromatic carbocycles. The Kier molecular flexibility index (Phi) is 6.31. The molecule has 0 aliphatic heterocycles. The molecule has 2 rings (SSSR count). The Labute approximate surface area is 111 Å². The lowest BCUT2D eigenvalue weighted by Gasteiger charge is -2.05. The highest BCUT2D eigenvalue weighted by Gasteiger charge is 1.99. The van der Waals surface area contributed by atoms with Gasteiger partial charge in [-0.3, -0.25) is 9.78 Å². The highest BCUT2D eigenvalue weighted by Crippen LogP contribution is 1.99. The topological polar surface area (TPSA) is 60.9 Å². The average molecular weight is 274 g/mol. The van der Waals surface area contributed by atoms with Crippen molar-refractivity contribution in [1.29, 1.82) is 0 Å². The summed E-state index contributed by atoms with van der Waals surface area (Å²) in [5.41, 5.74) is 6.60. The molecule has 0 radical (unpaired) electrons. The van der Waals surface area contributed by atoms with Crippen LogP contribution in [0.15, 0.2) is 47.7 Å². The van der Waals surface area contributed by atoms with Gasteiger partial charge in [-0.25, -0.2) is 0 Å². The van der Waals surface area contributed by atoms with Gasteiger partial charge in [-0.15, -0.1) is 24.8 Å². The maximum atomic E-state index is 11.6. The maximum Gasteiger partial charge on any atom is 0.273 e. The normalized spacial score (nSPS) is 8.94. The lowest BCUT2D eigenvalue weighted by Crippen LogP contribution is -2.22. The van der Waals surface area contributed by atoms with Gasteiger partial charge in [0.2, 0.25) is 0 Å². The SMILES string of the molecule is Cl.Cl.Nc1cccn(Cc2cccnc2)c1=O. The maximum absolute atomic E-state index is 11.6. The molecule has 2 aromatic rings. The third kappa shape index (κ3) is 3.76. The molecular formula is C11H13Cl2N3O. The second-order valence-electron chi connectivity index (χ2n) is 3.26. The number of aromatic nitrogens is 2. The molecule has 0 aliphatic rings. The van der Waals surface area contributed by atoms with Crippen LogP contribution in [0.5, 0.6) is 0 Å². The first-order valence-electron chi connectivity index (χ1n) is 4.61. The first-order chi connectivity index (χ1) is 7.27. The van der Waals surface area contributed by atoms with E-state index in [1.54, 1.807) is 35.3 Å². The van der Waals surface area contributed by atoms with Crippen molar-refractivity contribution in [2.45, 2.75) is 6.54 Å². The van der Waals surface area contributed by atoms with Crippen LogP contribution in [0.3, 0.4) is 0 Å². The molecular weight excluding hydrogens is 261 g/mol. The molecule has 92 valence electrons. The summed E-state index contributed by atoms with van der Waals surface area (Å²) >= 11 is 0. The van der Waals surface area contributed by atoms with Crippen molar-refractivity contribution in [3.05, 3.63) is 58.8 Å². The minimum Gasteiger partial charge on any atom is -0.394 e. The van der Waals surface area contributed by atoms with Gasteiger partial charge in [0, 0.05) is 18.6 Å². The van der Waals surface area contributed by atoms with Crippen LogP contribution in [0.25, 0.3) is 0 Å². The van der Waals surface area contributed by atoms with Crippen LogP contribution in [0.4, 0.5) is 5.69 Å². The third-order valence-corrected chi connectivity index (χ3v) is 2.13. The number of pyridine rings is 2. The predicted molar refractivity (Wildman–Crippen MR) is 72.9 cm³/mol. The average Bonchev–Trinajstić information content (AvgIpc) is 2.26. The Morgan fingerprint density at radius 1 is 1.24 bits per heavy atom. The van der Waals surface area contributed by atoms with E-state index >= 15 is 0 Å². The van der Waals surface area contributed by atoms with Gasteiger partial charge in [-0.1, -0.05) is 6.07 Å². The molecule has 0 spiro atoms. The number of hydrogen-bond acceptors (Lipinski definition) is 3. The molecule has 0 atom stereocenters. The molecule has 2 aromatic heterocycles. The molecule has 0 unspecified atom stereocenters. The molecule has 0 fully saturated rings. The molecule has 2 heterocycles. The van der Waals surface area contributed by atoms with Crippen LogP contribution in [0.2, 0.25) is 0 Å². The number of nitrogens with two attached hydrogens (primary N) is 1. The number of hydrogen-bond donors (Lipinski definition) is 1. The summed E-state index contributed by atoms with van der Waals surface area (Å²) in [6.07, 6.45) is 5.15. The van der Waals surface area contributed by atoms with Crippen molar-refractivity contribution in [2.75, 3.05) is 5.73 Å². The highest BCUT2D eigenvalue weighted by molar-refractivity contribution is 5.85. The second-order valence-corrected chi connectivity index (χ2v) is 3.26. The van der Waals surface area contributed by atoms with E-state index in [2.05, 4.69) is 4.98 Å². The fourth-order valence-electron chi connectivity index (χ4n) is 1.37. The zero-order chi connectivity index (χ0) is 10.7. The number of anilines is 1. The van der Waals surface area contributed by atoms with Crippen molar-refractivity contribution < 1.29 is 0 Å². The van der Waals surface area contributed by atoms with Gasteiger partial charge in [0.15, 0.2) is 0 Å². The molecule has 2 N–H and O–H groups in total. The third-order valence-electron chi connectivity index (χ3n) is 2.13. The number of halogens is 2.